The third-order valence-electron chi connectivity index (χ3n) is 6.26. The molecule has 2 aromatic carbocycles. The number of hydrogen-bond acceptors (Lipinski definition) is 5. The fourth-order valence-electron chi connectivity index (χ4n) is 4.10. The van der Waals surface area contributed by atoms with Gasteiger partial charge in [0.1, 0.15) is 6.29 Å². The SMILES string of the molecule is CC(C)Cc1ccc(-c2nc(-c3ccc(CN4CCC(C)(C=O)CC4)cc3)no2)cc1Cl. The van der Waals surface area contributed by atoms with Crippen molar-refractivity contribution in [1.29, 1.82) is 0 Å². The van der Waals surface area contributed by atoms with Crippen LogP contribution in [0.3, 0.4) is 0 Å². The molecule has 1 aliphatic rings. The first kappa shape index (κ1) is 22.7. The molecule has 0 unspecified atom stereocenters. The lowest BCUT2D eigenvalue weighted by atomic mass is 9.82. The quantitative estimate of drug-likeness (QED) is 0.409. The van der Waals surface area contributed by atoms with Gasteiger partial charge in [0.05, 0.1) is 0 Å². The topological polar surface area (TPSA) is 59.2 Å². The summed E-state index contributed by atoms with van der Waals surface area (Å²) in [5.74, 6) is 1.57. The monoisotopic (exact) mass is 451 g/mol. The zero-order chi connectivity index (χ0) is 22.7. The molecule has 0 aliphatic carbocycles. The zero-order valence-corrected chi connectivity index (χ0v) is 19.7. The van der Waals surface area contributed by atoms with Crippen molar-refractivity contribution in [3.8, 4) is 22.8 Å². The highest BCUT2D eigenvalue weighted by atomic mass is 35.5. The van der Waals surface area contributed by atoms with Gasteiger partial charge in [-0.1, -0.05) is 67.9 Å². The van der Waals surface area contributed by atoms with Gasteiger partial charge >= 0.3 is 0 Å². The summed E-state index contributed by atoms with van der Waals surface area (Å²) in [4.78, 5) is 18.2. The minimum Gasteiger partial charge on any atom is -0.334 e. The Labute approximate surface area is 194 Å². The van der Waals surface area contributed by atoms with E-state index in [1.54, 1.807) is 0 Å². The highest BCUT2D eigenvalue weighted by Crippen LogP contribution is 2.30. The fourth-order valence-corrected chi connectivity index (χ4v) is 4.36. The van der Waals surface area contributed by atoms with Gasteiger partial charge in [0.25, 0.3) is 5.89 Å². The molecular formula is C26H30ClN3O2. The Morgan fingerprint density at radius 1 is 1.12 bits per heavy atom. The molecule has 0 radical (unpaired) electrons. The first-order chi connectivity index (χ1) is 15.3. The van der Waals surface area contributed by atoms with Crippen LogP contribution < -0.4 is 0 Å². The Morgan fingerprint density at radius 2 is 1.81 bits per heavy atom. The minimum absolute atomic E-state index is 0.157. The average Bonchev–Trinajstić information content (AvgIpc) is 3.27. The van der Waals surface area contributed by atoms with Gasteiger partial charge in [-0.25, -0.2) is 0 Å². The molecule has 1 aromatic heterocycles. The molecule has 1 aliphatic heterocycles. The second-order valence-corrected chi connectivity index (χ2v) is 9.98. The van der Waals surface area contributed by atoms with Crippen LogP contribution in [0.15, 0.2) is 47.0 Å². The lowest BCUT2D eigenvalue weighted by Gasteiger charge is -2.35. The highest BCUT2D eigenvalue weighted by Gasteiger charge is 2.29. The summed E-state index contributed by atoms with van der Waals surface area (Å²) in [7, 11) is 0. The van der Waals surface area contributed by atoms with Crippen molar-refractivity contribution in [2.75, 3.05) is 13.1 Å². The van der Waals surface area contributed by atoms with Gasteiger partial charge in [0.15, 0.2) is 0 Å². The summed E-state index contributed by atoms with van der Waals surface area (Å²) in [6.07, 6.45) is 3.89. The number of halogens is 1. The van der Waals surface area contributed by atoms with E-state index in [9.17, 15) is 4.79 Å². The molecule has 5 nitrogen and oxygen atoms in total. The normalized spacial score (nSPS) is 16.4. The van der Waals surface area contributed by atoms with E-state index in [0.717, 1.165) is 66.9 Å². The van der Waals surface area contributed by atoms with E-state index >= 15 is 0 Å². The minimum atomic E-state index is -0.157. The number of carbonyl (C=O) groups excluding carboxylic acids is 1. The second-order valence-electron chi connectivity index (χ2n) is 9.57. The van der Waals surface area contributed by atoms with Crippen molar-refractivity contribution in [1.82, 2.24) is 15.0 Å². The van der Waals surface area contributed by atoms with Crippen LogP contribution in [0.1, 0.15) is 44.7 Å². The third-order valence-corrected chi connectivity index (χ3v) is 6.61. The van der Waals surface area contributed by atoms with Crippen LogP contribution >= 0.6 is 11.6 Å². The maximum atomic E-state index is 11.2. The van der Waals surface area contributed by atoms with Crippen LogP contribution in [0.25, 0.3) is 22.8 Å². The largest absolute Gasteiger partial charge is 0.334 e. The molecule has 0 amide bonds. The van der Waals surface area contributed by atoms with E-state index in [1.165, 1.54) is 5.56 Å². The Hall–Kier alpha value is -2.50. The van der Waals surface area contributed by atoms with E-state index in [-0.39, 0.29) is 5.41 Å². The van der Waals surface area contributed by atoms with Crippen molar-refractivity contribution in [3.05, 3.63) is 58.6 Å². The molecule has 168 valence electrons. The summed E-state index contributed by atoms with van der Waals surface area (Å²) in [5.41, 5.74) is 3.95. The molecule has 0 spiro atoms. The number of hydrogen-bond donors (Lipinski definition) is 0. The van der Waals surface area contributed by atoms with Crippen LogP contribution in [-0.2, 0) is 17.8 Å². The molecule has 0 atom stereocenters. The van der Waals surface area contributed by atoms with Crippen LogP contribution in [0.4, 0.5) is 0 Å². The molecule has 2 heterocycles. The summed E-state index contributed by atoms with van der Waals surface area (Å²) >= 11 is 6.46. The van der Waals surface area contributed by atoms with Gasteiger partial charge in [-0.3, -0.25) is 4.90 Å². The predicted molar refractivity (Wildman–Crippen MR) is 127 cm³/mol. The lowest BCUT2D eigenvalue weighted by Crippen LogP contribution is -2.38. The Morgan fingerprint density at radius 3 is 2.44 bits per heavy atom. The number of rotatable bonds is 7. The van der Waals surface area contributed by atoms with Gasteiger partial charge in [-0.15, -0.1) is 0 Å². The van der Waals surface area contributed by atoms with Crippen LogP contribution in [-0.4, -0.2) is 34.4 Å². The van der Waals surface area contributed by atoms with Gasteiger partial charge in [-0.2, -0.15) is 4.98 Å². The predicted octanol–water partition coefficient (Wildman–Crippen LogP) is 6.06. The van der Waals surface area contributed by atoms with Crippen molar-refractivity contribution >= 4 is 17.9 Å². The number of benzene rings is 2. The fraction of sp³-hybridized carbons (Fsp3) is 0.423. The summed E-state index contributed by atoms with van der Waals surface area (Å²) in [6.45, 7) is 9.19. The van der Waals surface area contributed by atoms with Gasteiger partial charge in [0.2, 0.25) is 5.82 Å². The molecular weight excluding hydrogens is 422 g/mol. The number of aromatic nitrogens is 2. The van der Waals surface area contributed by atoms with E-state index in [2.05, 4.69) is 47.9 Å². The maximum absolute atomic E-state index is 11.2. The molecule has 32 heavy (non-hydrogen) atoms. The smallest absolute Gasteiger partial charge is 0.258 e. The van der Waals surface area contributed by atoms with Crippen molar-refractivity contribution in [3.63, 3.8) is 0 Å². The summed E-state index contributed by atoms with van der Waals surface area (Å²) < 4.78 is 5.51. The van der Waals surface area contributed by atoms with Crippen LogP contribution in [0, 0.1) is 11.3 Å². The standard InChI is InChI=1S/C26H30ClN3O2/c1-18(2)14-21-8-9-22(15-23(21)27)25-28-24(29-32-25)20-6-4-19(5-7-20)16-30-12-10-26(3,17-31)11-13-30/h4-9,15,17-18H,10-14,16H2,1-3H3. The maximum Gasteiger partial charge on any atom is 0.258 e. The molecule has 0 saturated carbocycles. The lowest BCUT2D eigenvalue weighted by molar-refractivity contribution is -0.117. The first-order valence-corrected chi connectivity index (χ1v) is 11.6. The van der Waals surface area contributed by atoms with E-state index < -0.39 is 0 Å². The molecule has 3 aromatic rings. The second kappa shape index (κ2) is 9.55. The third kappa shape index (κ3) is 5.28. The summed E-state index contributed by atoms with van der Waals surface area (Å²) in [6, 6.07) is 14.2. The van der Waals surface area contributed by atoms with Crippen LogP contribution in [0.2, 0.25) is 5.02 Å². The van der Waals surface area contributed by atoms with Crippen LogP contribution in [0.5, 0.6) is 0 Å². The number of nitrogens with zero attached hydrogens (tertiary/aromatic N) is 3. The summed E-state index contributed by atoms with van der Waals surface area (Å²) in [5, 5.41) is 4.89. The van der Waals surface area contributed by atoms with E-state index in [4.69, 9.17) is 16.1 Å². The Kier molecular flexibility index (Phi) is 6.77. The zero-order valence-electron chi connectivity index (χ0n) is 19.0. The number of piperidine rings is 1. The Balaban J connectivity index is 1.41. The van der Waals surface area contributed by atoms with E-state index in [0.29, 0.717) is 17.6 Å². The number of likely N-dealkylation sites (tertiary alicyclic amines) is 1. The van der Waals surface area contributed by atoms with Crippen molar-refractivity contribution < 1.29 is 9.32 Å². The molecule has 1 fully saturated rings. The average molecular weight is 452 g/mol. The Bertz CT molecular complexity index is 1070. The van der Waals surface area contributed by atoms with Gasteiger partial charge < -0.3 is 9.32 Å². The van der Waals surface area contributed by atoms with Crippen molar-refractivity contribution in [2.45, 2.75) is 46.6 Å². The number of aldehydes is 1. The molecule has 1 saturated heterocycles. The molecule has 0 bridgehead atoms. The molecule has 0 N–H and O–H groups in total. The van der Waals surface area contributed by atoms with Crippen molar-refractivity contribution in [2.24, 2.45) is 11.3 Å². The first-order valence-electron chi connectivity index (χ1n) is 11.3. The van der Waals surface area contributed by atoms with Gasteiger partial charge in [-0.05, 0) is 61.5 Å². The number of carbonyl (C=O) groups is 1. The highest BCUT2D eigenvalue weighted by molar-refractivity contribution is 6.31. The van der Waals surface area contributed by atoms with E-state index in [1.807, 2.05) is 30.3 Å². The molecule has 6 heteroatoms. The molecule has 4 rings (SSSR count). The van der Waals surface area contributed by atoms with Gasteiger partial charge in [0, 0.05) is 28.1 Å².